The van der Waals surface area contributed by atoms with Gasteiger partial charge < -0.3 is 10.1 Å². The number of ketones is 1. The summed E-state index contributed by atoms with van der Waals surface area (Å²) in [6, 6.07) is 0. The standard InChI is InChI=1S/C8H13NO3/c1-6(10)3-8(4-9-5-8)7(11)12-2/h9H,3-5H2,1-2H3. The third-order valence-electron chi connectivity index (χ3n) is 2.13. The molecule has 0 unspecified atom stereocenters. The van der Waals surface area contributed by atoms with Gasteiger partial charge in [-0.2, -0.15) is 0 Å². The second-order valence-corrected chi connectivity index (χ2v) is 3.25. The Morgan fingerprint density at radius 3 is 2.33 bits per heavy atom. The summed E-state index contributed by atoms with van der Waals surface area (Å²) in [5, 5.41) is 2.97. The van der Waals surface area contributed by atoms with Crippen LogP contribution in [0.15, 0.2) is 0 Å². The van der Waals surface area contributed by atoms with Gasteiger partial charge in [-0.25, -0.2) is 0 Å². The normalized spacial score (nSPS) is 19.5. The van der Waals surface area contributed by atoms with Crippen molar-refractivity contribution in [1.29, 1.82) is 0 Å². The first kappa shape index (κ1) is 9.19. The van der Waals surface area contributed by atoms with E-state index in [0.29, 0.717) is 13.1 Å². The number of rotatable bonds is 3. The summed E-state index contributed by atoms with van der Waals surface area (Å²) in [5.74, 6) is -0.252. The number of hydrogen-bond acceptors (Lipinski definition) is 4. The molecule has 0 amide bonds. The maximum atomic E-state index is 11.2. The van der Waals surface area contributed by atoms with Crippen LogP contribution in [0.4, 0.5) is 0 Å². The Labute approximate surface area is 71.3 Å². The fraction of sp³-hybridized carbons (Fsp3) is 0.750. The van der Waals surface area contributed by atoms with E-state index in [1.54, 1.807) is 0 Å². The fourth-order valence-corrected chi connectivity index (χ4v) is 1.46. The van der Waals surface area contributed by atoms with E-state index in [2.05, 4.69) is 10.1 Å². The zero-order chi connectivity index (χ0) is 9.19. The smallest absolute Gasteiger partial charge is 0.314 e. The van der Waals surface area contributed by atoms with Gasteiger partial charge in [0.1, 0.15) is 5.78 Å². The van der Waals surface area contributed by atoms with Crippen LogP contribution in [0.5, 0.6) is 0 Å². The molecule has 1 heterocycles. The topological polar surface area (TPSA) is 55.4 Å². The SMILES string of the molecule is COC(=O)C1(CC(C)=O)CNC1. The summed E-state index contributed by atoms with van der Waals surface area (Å²) in [5.41, 5.74) is -0.569. The number of carbonyl (C=O) groups is 2. The second-order valence-electron chi connectivity index (χ2n) is 3.25. The van der Waals surface area contributed by atoms with Gasteiger partial charge in [0.2, 0.25) is 0 Å². The molecule has 0 aromatic carbocycles. The lowest BCUT2D eigenvalue weighted by atomic mass is 9.77. The maximum absolute atomic E-state index is 11.2. The van der Waals surface area contributed by atoms with Crippen molar-refractivity contribution in [1.82, 2.24) is 5.32 Å². The quantitative estimate of drug-likeness (QED) is 0.594. The van der Waals surface area contributed by atoms with Crippen molar-refractivity contribution in [2.24, 2.45) is 5.41 Å². The second kappa shape index (κ2) is 3.23. The summed E-state index contributed by atoms with van der Waals surface area (Å²) in [6.07, 6.45) is 0.284. The molecule has 68 valence electrons. The van der Waals surface area contributed by atoms with E-state index in [1.165, 1.54) is 14.0 Å². The lowest BCUT2D eigenvalue weighted by Gasteiger charge is -2.38. The van der Waals surface area contributed by atoms with Crippen molar-refractivity contribution < 1.29 is 14.3 Å². The first-order valence-electron chi connectivity index (χ1n) is 3.89. The Balaban J connectivity index is 2.62. The molecule has 0 aliphatic carbocycles. The van der Waals surface area contributed by atoms with Gasteiger partial charge in [0.05, 0.1) is 12.5 Å². The Morgan fingerprint density at radius 1 is 1.50 bits per heavy atom. The fourth-order valence-electron chi connectivity index (χ4n) is 1.46. The molecule has 0 bridgehead atoms. The zero-order valence-corrected chi connectivity index (χ0v) is 7.35. The molecule has 12 heavy (non-hydrogen) atoms. The van der Waals surface area contributed by atoms with E-state index >= 15 is 0 Å². The molecule has 1 saturated heterocycles. The molecular weight excluding hydrogens is 158 g/mol. The molecule has 4 nitrogen and oxygen atoms in total. The summed E-state index contributed by atoms with van der Waals surface area (Å²) in [6.45, 7) is 2.60. The zero-order valence-electron chi connectivity index (χ0n) is 7.35. The summed E-state index contributed by atoms with van der Waals surface area (Å²) >= 11 is 0. The van der Waals surface area contributed by atoms with Crippen LogP contribution in [0, 0.1) is 5.41 Å². The number of esters is 1. The van der Waals surface area contributed by atoms with Crippen molar-refractivity contribution in [2.75, 3.05) is 20.2 Å². The van der Waals surface area contributed by atoms with Gasteiger partial charge in [-0.1, -0.05) is 0 Å². The van der Waals surface area contributed by atoms with Crippen LogP contribution in [0.1, 0.15) is 13.3 Å². The van der Waals surface area contributed by atoms with Crippen LogP contribution in [-0.2, 0) is 14.3 Å². The molecule has 1 fully saturated rings. The molecule has 0 atom stereocenters. The maximum Gasteiger partial charge on any atom is 0.314 e. The molecule has 1 N–H and O–H groups in total. The predicted octanol–water partition coefficient (Wildman–Crippen LogP) is -0.272. The van der Waals surface area contributed by atoms with Gasteiger partial charge in [0.25, 0.3) is 0 Å². The number of methoxy groups -OCH3 is 1. The number of carbonyl (C=O) groups excluding carboxylic acids is 2. The predicted molar refractivity (Wildman–Crippen MR) is 42.6 cm³/mol. The van der Waals surface area contributed by atoms with E-state index in [9.17, 15) is 9.59 Å². The highest BCUT2D eigenvalue weighted by Gasteiger charge is 2.46. The van der Waals surface area contributed by atoms with Crippen molar-refractivity contribution in [3.63, 3.8) is 0 Å². The van der Waals surface area contributed by atoms with Crippen LogP contribution in [0.25, 0.3) is 0 Å². The van der Waals surface area contributed by atoms with Crippen molar-refractivity contribution in [2.45, 2.75) is 13.3 Å². The Hall–Kier alpha value is -0.900. The van der Waals surface area contributed by atoms with E-state index in [0.717, 1.165) is 0 Å². The number of hydrogen-bond donors (Lipinski definition) is 1. The summed E-state index contributed by atoms with van der Waals surface area (Å²) in [4.78, 5) is 22.1. The van der Waals surface area contributed by atoms with Gasteiger partial charge in [0.15, 0.2) is 0 Å². The van der Waals surface area contributed by atoms with Gasteiger partial charge in [0, 0.05) is 19.5 Å². The van der Waals surface area contributed by atoms with Crippen LogP contribution >= 0.6 is 0 Å². The highest BCUT2D eigenvalue weighted by Crippen LogP contribution is 2.28. The van der Waals surface area contributed by atoms with Crippen molar-refractivity contribution in [3.8, 4) is 0 Å². The molecule has 0 radical (unpaired) electrons. The molecule has 1 aliphatic rings. The van der Waals surface area contributed by atoms with Crippen LogP contribution in [0.2, 0.25) is 0 Å². The third-order valence-corrected chi connectivity index (χ3v) is 2.13. The Morgan fingerprint density at radius 2 is 2.08 bits per heavy atom. The highest BCUT2D eigenvalue weighted by atomic mass is 16.5. The minimum absolute atomic E-state index is 0.0295. The molecule has 0 aromatic rings. The van der Waals surface area contributed by atoms with Gasteiger partial charge in [-0.3, -0.25) is 9.59 Å². The number of ether oxygens (including phenoxy) is 1. The van der Waals surface area contributed by atoms with Crippen molar-refractivity contribution >= 4 is 11.8 Å². The van der Waals surface area contributed by atoms with Gasteiger partial charge in [-0.15, -0.1) is 0 Å². The van der Waals surface area contributed by atoms with Crippen LogP contribution < -0.4 is 5.32 Å². The molecule has 0 spiro atoms. The van der Waals surface area contributed by atoms with Gasteiger partial charge in [-0.05, 0) is 6.92 Å². The Bertz CT molecular complexity index is 208. The molecule has 0 aromatic heterocycles. The molecule has 1 rings (SSSR count). The average Bonchev–Trinajstić information content (AvgIpc) is 1.95. The summed E-state index contributed by atoms with van der Waals surface area (Å²) < 4.78 is 4.63. The number of nitrogens with one attached hydrogen (secondary N) is 1. The molecular formula is C8H13NO3. The van der Waals surface area contributed by atoms with E-state index in [4.69, 9.17) is 0 Å². The van der Waals surface area contributed by atoms with E-state index < -0.39 is 5.41 Å². The minimum Gasteiger partial charge on any atom is -0.469 e. The first-order chi connectivity index (χ1) is 5.60. The average molecular weight is 171 g/mol. The lowest BCUT2D eigenvalue weighted by molar-refractivity contribution is -0.158. The van der Waals surface area contributed by atoms with E-state index in [-0.39, 0.29) is 18.2 Å². The minimum atomic E-state index is -0.569. The van der Waals surface area contributed by atoms with Gasteiger partial charge >= 0.3 is 5.97 Å². The molecule has 4 heteroatoms. The third kappa shape index (κ3) is 1.48. The Kier molecular flexibility index (Phi) is 2.47. The van der Waals surface area contributed by atoms with Crippen LogP contribution in [-0.4, -0.2) is 32.0 Å². The largest absolute Gasteiger partial charge is 0.469 e. The summed E-state index contributed by atoms with van der Waals surface area (Å²) in [7, 11) is 1.35. The molecule has 0 saturated carbocycles. The van der Waals surface area contributed by atoms with E-state index in [1.807, 2.05) is 0 Å². The van der Waals surface area contributed by atoms with Crippen molar-refractivity contribution in [3.05, 3.63) is 0 Å². The first-order valence-corrected chi connectivity index (χ1v) is 3.89. The highest BCUT2D eigenvalue weighted by molar-refractivity contribution is 5.87. The van der Waals surface area contributed by atoms with Crippen LogP contribution in [0.3, 0.4) is 0 Å². The molecule has 1 aliphatic heterocycles. The monoisotopic (exact) mass is 171 g/mol. The lowest BCUT2D eigenvalue weighted by Crippen LogP contribution is -2.59. The number of Topliss-reactive ketones (excluding diaryl/α,β-unsaturated/α-hetero) is 1.